The summed E-state index contributed by atoms with van der Waals surface area (Å²) in [6.45, 7) is 7.53. The van der Waals surface area contributed by atoms with Crippen LogP contribution in [0.3, 0.4) is 0 Å². The van der Waals surface area contributed by atoms with Gasteiger partial charge in [0.1, 0.15) is 12.5 Å². The molecule has 0 aliphatic carbocycles. The van der Waals surface area contributed by atoms with Gasteiger partial charge in [0.15, 0.2) is 6.29 Å². The molecule has 0 atom stereocenters. The van der Waals surface area contributed by atoms with Crippen molar-refractivity contribution in [3.05, 3.63) is 59.2 Å². The van der Waals surface area contributed by atoms with Gasteiger partial charge in [-0.3, -0.25) is 15.1 Å². The average Bonchev–Trinajstić information content (AvgIpc) is 2.81. The summed E-state index contributed by atoms with van der Waals surface area (Å²) in [5, 5.41) is 3.26. The fourth-order valence-electron chi connectivity index (χ4n) is 2.84. The molecule has 2 aromatic rings. The van der Waals surface area contributed by atoms with Crippen molar-refractivity contribution in [2.45, 2.75) is 32.7 Å². The van der Waals surface area contributed by atoms with Crippen LogP contribution in [0.2, 0.25) is 0 Å². The van der Waals surface area contributed by atoms with Gasteiger partial charge in [0.2, 0.25) is 0 Å². The lowest BCUT2D eigenvalue weighted by atomic mass is 9.81. The number of fused-ring (bicyclic) bond motifs is 1. The van der Waals surface area contributed by atoms with Crippen LogP contribution in [0.5, 0.6) is 5.75 Å². The minimum absolute atomic E-state index is 0.00918. The van der Waals surface area contributed by atoms with Crippen LogP contribution in [0, 0.1) is 0 Å². The van der Waals surface area contributed by atoms with E-state index < -0.39 is 0 Å². The van der Waals surface area contributed by atoms with E-state index in [1.165, 1.54) is 11.1 Å². The van der Waals surface area contributed by atoms with Crippen LogP contribution >= 0.6 is 0 Å². The smallest absolute Gasteiger partial charge is 0.153 e. The molecule has 1 heterocycles. The Kier molecular flexibility index (Phi) is 4.49. The van der Waals surface area contributed by atoms with E-state index in [2.05, 4.69) is 49.3 Å². The maximum Gasteiger partial charge on any atom is 0.153 e. The molecule has 24 heavy (non-hydrogen) atoms. The van der Waals surface area contributed by atoms with E-state index in [1.54, 1.807) is 12.1 Å². The van der Waals surface area contributed by atoms with Crippen molar-refractivity contribution >= 4 is 17.7 Å². The number of benzene rings is 2. The van der Waals surface area contributed by atoms with Crippen LogP contribution in [0.25, 0.3) is 0 Å². The summed E-state index contributed by atoms with van der Waals surface area (Å²) in [7, 11) is 0. The Morgan fingerprint density at radius 2 is 2.00 bits per heavy atom. The summed E-state index contributed by atoms with van der Waals surface area (Å²) in [6, 6.07) is 13.6. The standard InChI is InChI=1S/C20H22N2O2/c1-14-20(2,3)17-10-15(8-9-18(17)22-14)11-21-13-24-19-7-5-4-6-16(19)12-23/h4-10,12,21H,11,13H2,1-3H3. The first-order valence-corrected chi connectivity index (χ1v) is 8.09. The highest BCUT2D eigenvalue weighted by atomic mass is 16.5. The van der Waals surface area contributed by atoms with Gasteiger partial charge in [-0.1, -0.05) is 38.1 Å². The number of rotatable bonds is 6. The molecular formula is C20H22N2O2. The van der Waals surface area contributed by atoms with Crippen LogP contribution in [0.1, 0.15) is 42.3 Å². The van der Waals surface area contributed by atoms with Crippen molar-refractivity contribution in [2.24, 2.45) is 4.99 Å². The second-order valence-electron chi connectivity index (χ2n) is 6.54. The van der Waals surface area contributed by atoms with Gasteiger partial charge in [0.25, 0.3) is 0 Å². The molecule has 0 saturated carbocycles. The van der Waals surface area contributed by atoms with E-state index in [-0.39, 0.29) is 5.41 Å². The number of para-hydroxylation sites is 1. The van der Waals surface area contributed by atoms with Crippen molar-refractivity contribution in [1.82, 2.24) is 5.32 Å². The van der Waals surface area contributed by atoms with E-state index in [0.717, 1.165) is 17.7 Å². The largest absolute Gasteiger partial charge is 0.478 e. The number of carbonyl (C=O) groups excluding carboxylic acids is 1. The summed E-state index contributed by atoms with van der Waals surface area (Å²) in [6.07, 6.45) is 0.806. The van der Waals surface area contributed by atoms with Gasteiger partial charge in [-0.2, -0.15) is 0 Å². The summed E-state index contributed by atoms with van der Waals surface area (Å²) in [5.41, 5.74) is 5.23. The second-order valence-corrected chi connectivity index (χ2v) is 6.54. The van der Waals surface area contributed by atoms with Crippen molar-refractivity contribution in [1.29, 1.82) is 0 Å². The molecule has 0 unspecified atom stereocenters. The fourth-order valence-corrected chi connectivity index (χ4v) is 2.84. The third kappa shape index (κ3) is 3.10. The van der Waals surface area contributed by atoms with E-state index in [4.69, 9.17) is 4.74 Å². The quantitative estimate of drug-likeness (QED) is 0.497. The van der Waals surface area contributed by atoms with Gasteiger partial charge in [-0.05, 0) is 36.2 Å². The fraction of sp³-hybridized carbons (Fsp3) is 0.300. The molecular weight excluding hydrogens is 300 g/mol. The molecule has 0 fully saturated rings. The first-order valence-electron chi connectivity index (χ1n) is 8.09. The molecule has 124 valence electrons. The molecule has 0 amide bonds. The molecule has 1 N–H and O–H groups in total. The van der Waals surface area contributed by atoms with E-state index >= 15 is 0 Å². The summed E-state index contributed by atoms with van der Waals surface area (Å²) < 4.78 is 5.64. The Morgan fingerprint density at radius 1 is 1.21 bits per heavy atom. The van der Waals surface area contributed by atoms with Crippen LogP contribution in [0.4, 0.5) is 5.69 Å². The Balaban J connectivity index is 1.59. The summed E-state index contributed by atoms with van der Waals surface area (Å²) >= 11 is 0. The number of hydrogen-bond acceptors (Lipinski definition) is 4. The highest BCUT2D eigenvalue weighted by Gasteiger charge is 2.32. The molecule has 4 heteroatoms. The third-order valence-corrected chi connectivity index (χ3v) is 4.63. The first-order chi connectivity index (χ1) is 11.5. The van der Waals surface area contributed by atoms with Crippen molar-refractivity contribution in [3.8, 4) is 5.75 Å². The van der Waals surface area contributed by atoms with Crippen molar-refractivity contribution in [2.75, 3.05) is 6.73 Å². The lowest BCUT2D eigenvalue weighted by molar-refractivity contribution is 0.111. The zero-order chi connectivity index (χ0) is 17.2. The zero-order valence-corrected chi connectivity index (χ0v) is 14.3. The molecule has 0 aromatic heterocycles. The number of carbonyl (C=O) groups is 1. The molecule has 0 spiro atoms. The Bertz CT molecular complexity index is 794. The lowest BCUT2D eigenvalue weighted by Gasteiger charge is -2.20. The van der Waals surface area contributed by atoms with E-state index in [9.17, 15) is 4.79 Å². The molecule has 0 saturated heterocycles. The van der Waals surface area contributed by atoms with Gasteiger partial charge in [0.05, 0.1) is 11.3 Å². The Labute approximate surface area is 142 Å². The van der Waals surface area contributed by atoms with Gasteiger partial charge in [-0.15, -0.1) is 0 Å². The van der Waals surface area contributed by atoms with Crippen LogP contribution in [0.15, 0.2) is 47.5 Å². The Hall–Kier alpha value is -2.46. The van der Waals surface area contributed by atoms with Crippen LogP contribution < -0.4 is 10.1 Å². The minimum atomic E-state index is -0.00918. The van der Waals surface area contributed by atoms with Gasteiger partial charge < -0.3 is 4.74 Å². The molecule has 1 aliphatic rings. The number of nitrogens with one attached hydrogen (secondary N) is 1. The summed E-state index contributed by atoms with van der Waals surface area (Å²) in [4.78, 5) is 15.6. The van der Waals surface area contributed by atoms with E-state index in [0.29, 0.717) is 24.6 Å². The van der Waals surface area contributed by atoms with Crippen LogP contribution in [-0.2, 0) is 12.0 Å². The normalized spacial score (nSPS) is 14.9. The lowest BCUT2D eigenvalue weighted by Crippen LogP contribution is -2.23. The SMILES string of the molecule is CC1=Nc2ccc(CNCOc3ccccc3C=O)cc2C1(C)C. The first kappa shape index (κ1) is 16.4. The van der Waals surface area contributed by atoms with Crippen molar-refractivity contribution in [3.63, 3.8) is 0 Å². The highest BCUT2D eigenvalue weighted by Crippen LogP contribution is 2.40. The molecule has 2 aromatic carbocycles. The van der Waals surface area contributed by atoms with Crippen molar-refractivity contribution < 1.29 is 9.53 Å². The molecule has 1 aliphatic heterocycles. The van der Waals surface area contributed by atoms with Gasteiger partial charge >= 0.3 is 0 Å². The monoisotopic (exact) mass is 322 g/mol. The maximum absolute atomic E-state index is 11.0. The number of nitrogens with zero attached hydrogens (tertiary/aromatic N) is 1. The molecule has 3 rings (SSSR count). The highest BCUT2D eigenvalue weighted by molar-refractivity contribution is 5.99. The van der Waals surface area contributed by atoms with Gasteiger partial charge in [-0.25, -0.2) is 0 Å². The predicted molar refractivity (Wildman–Crippen MR) is 96.4 cm³/mol. The summed E-state index contributed by atoms with van der Waals surface area (Å²) in [5.74, 6) is 0.596. The topological polar surface area (TPSA) is 50.7 Å². The predicted octanol–water partition coefficient (Wildman–Crippen LogP) is 4.01. The third-order valence-electron chi connectivity index (χ3n) is 4.63. The van der Waals surface area contributed by atoms with Crippen LogP contribution in [-0.4, -0.2) is 18.7 Å². The average molecular weight is 322 g/mol. The molecule has 4 nitrogen and oxygen atoms in total. The molecule has 0 bridgehead atoms. The molecule has 0 radical (unpaired) electrons. The van der Waals surface area contributed by atoms with Gasteiger partial charge in [0, 0.05) is 17.7 Å². The zero-order valence-electron chi connectivity index (χ0n) is 14.3. The second kappa shape index (κ2) is 6.57. The Morgan fingerprint density at radius 3 is 2.79 bits per heavy atom. The minimum Gasteiger partial charge on any atom is -0.478 e. The van der Waals surface area contributed by atoms with E-state index in [1.807, 2.05) is 12.1 Å². The number of aliphatic imine (C=N–C) groups is 1. The number of ether oxygens (including phenoxy) is 1. The maximum atomic E-state index is 11.0. The number of hydrogen-bond donors (Lipinski definition) is 1. The number of aldehydes is 1.